The quantitative estimate of drug-likeness (QED) is 0.513. The van der Waals surface area contributed by atoms with Crippen molar-refractivity contribution in [2.75, 3.05) is 27.2 Å². The van der Waals surface area contributed by atoms with Crippen molar-refractivity contribution < 1.29 is 0 Å². The largest absolute Gasteiger partial charge is 0.315 e. The lowest BCUT2D eigenvalue weighted by atomic mass is 9.96. The van der Waals surface area contributed by atoms with E-state index in [9.17, 15) is 0 Å². The average Bonchev–Trinajstić information content (AvgIpc) is 2.67. The minimum Gasteiger partial charge on any atom is -0.315 e. The Bertz CT molecular complexity index is 181. The van der Waals surface area contributed by atoms with Crippen LogP contribution in [0.4, 0.5) is 0 Å². The fourth-order valence-electron chi connectivity index (χ4n) is 2.51. The topological polar surface area (TPSA) is 15.3 Å². The molecule has 1 aliphatic rings. The summed E-state index contributed by atoms with van der Waals surface area (Å²) in [6.45, 7) is 6.02. The normalized spacial score (nSPS) is 19.7. The standard InChI is InChI=1S/C13H26N2/c1-4-5-8-11-14-12-13(15(2)3)9-6-7-10-13/h4,14H,1,5-12H2,2-3H3. The van der Waals surface area contributed by atoms with Crippen LogP contribution in [-0.2, 0) is 0 Å². The number of hydrogen-bond acceptors (Lipinski definition) is 2. The van der Waals surface area contributed by atoms with E-state index in [-0.39, 0.29) is 0 Å². The van der Waals surface area contributed by atoms with Crippen LogP contribution in [0.5, 0.6) is 0 Å². The highest BCUT2D eigenvalue weighted by Crippen LogP contribution is 2.32. The van der Waals surface area contributed by atoms with Crippen molar-refractivity contribution in [3.63, 3.8) is 0 Å². The maximum atomic E-state index is 3.74. The van der Waals surface area contributed by atoms with Gasteiger partial charge in [-0.2, -0.15) is 0 Å². The average molecular weight is 210 g/mol. The first-order valence-corrected chi connectivity index (χ1v) is 6.20. The number of allylic oxidation sites excluding steroid dienone is 1. The molecular weight excluding hydrogens is 184 g/mol. The number of likely N-dealkylation sites (N-methyl/N-ethyl adjacent to an activating group) is 1. The Labute approximate surface area is 94.7 Å². The highest BCUT2D eigenvalue weighted by molar-refractivity contribution is 4.94. The molecule has 15 heavy (non-hydrogen) atoms. The van der Waals surface area contributed by atoms with E-state index >= 15 is 0 Å². The summed E-state index contributed by atoms with van der Waals surface area (Å²) in [5.74, 6) is 0. The van der Waals surface area contributed by atoms with Crippen molar-refractivity contribution in [1.29, 1.82) is 0 Å². The van der Waals surface area contributed by atoms with Crippen LogP contribution in [0, 0.1) is 0 Å². The predicted octanol–water partition coefficient (Wildman–Crippen LogP) is 2.42. The Hall–Kier alpha value is -0.340. The second kappa shape index (κ2) is 6.29. The second-order valence-electron chi connectivity index (χ2n) is 4.93. The minimum absolute atomic E-state index is 0.439. The van der Waals surface area contributed by atoms with Gasteiger partial charge in [0.1, 0.15) is 0 Å². The van der Waals surface area contributed by atoms with Crippen LogP contribution in [0.3, 0.4) is 0 Å². The van der Waals surface area contributed by atoms with Crippen LogP contribution in [0.25, 0.3) is 0 Å². The van der Waals surface area contributed by atoms with Gasteiger partial charge in [0, 0.05) is 12.1 Å². The van der Waals surface area contributed by atoms with Crippen LogP contribution in [-0.4, -0.2) is 37.6 Å². The summed E-state index contributed by atoms with van der Waals surface area (Å²) in [7, 11) is 4.44. The molecule has 0 atom stereocenters. The number of nitrogens with one attached hydrogen (secondary N) is 1. The molecule has 0 amide bonds. The van der Waals surface area contributed by atoms with Crippen molar-refractivity contribution in [2.45, 2.75) is 44.1 Å². The summed E-state index contributed by atoms with van der Waals surface area (Å²) < 4.78 is 0. The fourth-order valence-corrected chi connectivity index (χ4v) is 2.51. The second-order valence-corrected chi connectivity index (χ2v) is 4.93. The number of unbranched alkanes of at least 4 members (excludes halogenated alkanes) is 1. The van der Waals surface area contributed by atoms with E-state index in [2.05, 4.69) is 30.9 Å². The van der Waals surface area contributed by atoms with Gasteiger partial charge in [-0.15, -0.1) is 6.58 Å². The number of rotatable bonds is 7. The summed E-state index contributed by atoms with van der Waals surface area (Å²) in [6, 6.07) is 0. The third-order valence-electron chi connectivity index (χ3n) is 3.70. The van der Waals surface area contributed by atoms with E-state index in [1.807, 2.05) is 6.08 Å². The Morgan fingerprint density at radius 3 is 2.53 bits per heavy atom. The molecule has 0 radical (unpaired) electrons. The zero-order valence-corrected chi connectivity index (χ0v) is 10.4. The number of nitrogens with zero attached hydrogens (tertiary/aromatic N) is 1. The molecule has 0 spiro atoms. The molecule has 0 unspecified atom stereocenters. The van der Waals surface area contributed by atoms with Crippen LogP contribution in [0.1, 0.15) is 38.5 Å². The van der Waals surface area contributed by atoms with Crippen LogP contribution in [0.15, 0.2) is 12.7 Å². The van der Waals surface area contributed by atoms with Gasteiger partial charge in [-0.25, -0.2) is 0 Å². The highest BCUT2D eigenvalue weighted by atomic mass is 15.2. The molecule has 0 aromatic carbocycles. The Kier molecular flexibility index (Phi) is 5.34. The van der Waals surface area contributed by atoms with E-state index in [1.54, 1.807) is 0 Å². The molecule has 2 heteroatoms. The molecule has 1 rings (SSSR count). The summed E-state index contributed by atoms with van der Waals surface area (Å²) in [6.07, 6.45) is 9.84. The summed E-state index contributed by atoms with van der Waals surface area (Å²) in [4.78, 5) is 2.42. The zero-order valence-electron chi connectivity index (χ0n) is 10.4. The molecule has 88 valence electrons. The van der Waals surface area contributed by atoms with E-state index in [4.69, 9.17) is 0 Å². The van der Waals surface area contributed by atoms with Crippen molar-refractivity contribution in [2.24, 2.45) is 0 Å². The molecule has 1 saturated carbocycles. The van der Waals surface area contributed by atoms with Gasteiger partial charge in [-0.3, -0.25) is 0 Å². The molecule has 0 aliphatic heterocycles. The van der Waals surface area contributed by atoms with Crippen LogP contribution in [0.2, 0.25) is 0 Å². The lowest BCUT2D eigenvalue weighted by Gasteiger charge is -2.36. The lowest BCUT2D eigenvalue weighted by molar-refractivity contribution is 0.154. The molecule has 0 bridgehead atoms. The third kappa shape index (κ3) is 3.62. The first-order chi connectivity index (χ1) is 7.21. The fraction of sp³-hybridized carbons (Fsp3) is 0.846. The van der Waals surface area contributed by atoms with Crippen molar-refractivity contribution >= 4 is 0 Å². The summed E-state index contributed by atoms with van der Waals surface area (Å²) in [5, 5.41) is 3.59. The summed E-state index contributed by atoms with van der Waals surface area (Å²) in [5.41, 5.74) is 0.439. The van der Waals surface area contributed by atoms with Gasteiger partial charge < -0.3 is 10.2 Å². The van der Waals surface area contributed by atoms with Gasteiger partial charge in [-0.05, 0) is 46.3 Å². The first kappa shape index (κ1) is 12.7. The minimum atomic E-state index is 0.439. The van der Waals surface area contributed by atoms with Crippen molar-refractivity contribution in [1.82, 2.24) is 10.2 Å². The van der Waals surface area contributed by atoms with Crippen LogP contribution >= 0.6 is 0 Å². The van der Waals surface area contributed by atoms with E-state index in [0.717, 1.165) is 19.5 Å². The zero-order chi connectivity index (χ0) is 11.1. The maximum Gasteiger partial charge on any atom is 0.0327 e. The van der Waals surface area contributed by atoms with E-state index in [0.29, 0.717) is 5.54 Å². The SMILES string of the molecule is C=CCCCNCC1(N(C)C)CCCC1. The first-order valence-electron chi connectivity index (χ1n) is 6.20. The molecule has 0 aromatic heterocycles. The molecule has 1 fully saturated rings. The third-order valence-corrected chi connectivity index (χ3v) is 3.70. The molecule has 1 N–H and O–H groups in total. The van der Waals surface area contributed by atoms with Gasteiger partial charge in [0.15, 0.2) is 0 Å². The molecule has 0 aromatic rings. The Morgan fingerprint density at radius 1 is 1.33 bits per heavy atom. The molecule has 1 aliphatic carbocycles. The lowest BCUT2D eigenvalue weighted by Crippen LogP contribution is -2.49. The van der Waals surface area contributed by atoms with Gasteiger partial charge in [0.25, 0.3) is 0 Å². The predicted molar refractivity (Wildman–Crippen MR) is 67.2 cm³/mol. The maximum absolute atomic E-state index is 3.74. The Balaban J connectivity index is 2.23. The molecule has 2 nitrogen and oxygen atoms in total. The van der Waals surface area contributed by atoms with Crippen LogP contribution < -0.4 is 5.32 Å². The molecule has 0 heterocycles. The number of hydrogen-bond donors (Lipinski definition) is 1. The monoisotopic (exact) mass is 210 g/mol. The van der Waals surface area contributed by atoms with Gasteiger partial charge in [-0.1, -0.05) is 18.9 Å². The molecule has 0 saturated heterocycles. The smallest absolute Gasteiger partial charge is 0.0327 e. The van der Waals surface area contributed by atoms with Gasteiger partial charge in [0.2, 0.25) is 0 Å². The van der Waals surface area contributed by atoms with E-state index < -0.39 is 0 Å². The molecular formula is C13H26N2. The van der Waals surface area contributed by atoms with Crippen molar-refractivity contribution in [3.05, 3.63) is 12.7 Å². The van der Waals surface area contributed by atoms with E-state index in [1.165, 1.54) is 32.1 Å². The Morgan fingerprint density at radius 2 is 2.00 bits per heavy atom. The van der Waals surface area contributed by atoms with Gasteiger partial charge >= 0.3 is 0 Å². The summed E-state index contributed by atoms with van der Waals surface area (Å²) >= 11 is 0. The van der Waals surface area contributed by atoms with Crippen molar-refractivity contribution in [3.8, 4) is 0 Å². The van der Waals surface area contributed by atoms with Gasteiger partial charge in [0.05, 0.1) is 0 Å². The highest BCUT2D eigenvalue weighted by Gasteiger charge is 2.35.